The number of aromatic nitrogens is 2. The third-order valence-corrected chi connectivity index (χ3v) is 3.13. The van der Waals surface area contributed by atoms with E-state index in [1.54, 1.807) is 0 Å². The van der Waals surface area contributed by atoms with E-state index in [2.05, 4.69) is 41.6 Å². The van der Waals surface area contributed by atoms with Crippen LogP contribution in [0.4, 0.5) is 5.69 Å². The van der Waals surface area contributed by atoms with Crippen molar-refractivity contribution in [2.45, 2.75) is 19.9 Å². The molecular weight excluding hydrogens is 198 g/mol. The highest BCUT2D eigenvalue weighted by Gasteiger charge is 2.12. The highest BCUT2D eigenvalue weighted by Crippen LogP contribution is 2.28. The number of anilines is 1. The van der Waals surface area contributed by atoms with E-state index in [9.17, 15) is 0 Å². The van der Waals surface area contributed by atoms with E-state index in [0.717, 1.165) is 19.5 Å². The first-order valence-corrected chi connectivity index (χ1v) is 5.77. The number of nitrogens with zero attached hydrogens (tertiary/aromatic N) is 2. The predicted molar refractivity (Wildman–Crippen MR) is 65.5 cm³/mol. The van der Waals surface area contributed by atoms with Crippen LogP contribution in [0.1, 0.15) is 12.5 Å². The van der Waals surface area contributed by atoms with E-state index < -0.39 is 0 Å². The molecule has 0 saturated carbocycles. The lowest BCUT2D eigenvalue weighted by molar-refractivity contribution is 0.667. The van der Waals surface area contributed by atoms with Gasteiger partial charge in [0.1, 0.15) is 0 Å². The molecule has 16 heavy (non-hydrogen) atoms. The summed E-state index contributed by atoms with van der Waals surface area (Å²) in [6, 6.07) is 8.71. The molecule has 3 nitrogen and oxygen atoms in total. The molecule has 0 radical (unpaired) electrons. The average Bonchev–Trinajstić information content (AvgIpc) is 2.96. The van der Waals surface area contributed by atoms with Crippen LogP contribution >= 0.6 is 0 Å². The van der Waals surface area contributed by atoms with Crippen molar-refractivity contribution >= 4 is 5.69 Å². The first-order chi connectivity index (χ1) is 7.88. The Morgan fingerprint density at radius 2 is 2.31 bits per heavy atom. The van der Waals surface area contributed by atoms with E-state index in [4.69, 9.17) is 0 Å². The maximum atomic E-state index is 4.30. The van der Waals surface area contributed by atoms with Gasteiger partial charge in [-0.15, -0.1) is 0 Å². The van der Waals surface area contributed by atoms with Gasteiger partial charge in [-0.3, -0.25) is 4.68 Å². The van der Waals surface area contributed by atoms with Crippen molar-refractivity contribution in [2.75, 3.05) is 11.9 Å². The van der Waals surface area contributed by atoms with Crippen molar-refractivity contribution in [3.05, 3.63) is 36.0 Å². The van der Waals surface area contributed by atoms with Crippen LogP contribution in [0, 0.1) is 0 Å². The van der Waals surface area contributed by atoms with Crippen molar-refractivity contribution in [2.24, 2.45) is 0 Å². The Labute approximate surface area is 95.1 Å². The van der Waals surface area contributed by atoms with Crippen LogP contribution in [-0.2, 0) is 13.0 Å². The fourth-order valence-corrected chi connectivity index (χ4v) is 2.28. The zero-order valence-corrected chi connectivity index (χ0v) is 9.40. The molecule has 3 heteroatoms. The molecule has 0 spiro atoms. The lowest BCUT2D eigenvalue weighted by Gasteiger charge is -2.07. The molecule has 0 saturated heterocycles. The smallest absolute Gasteiger partial charge is 0.0682 e. The number of rotatable bonds is 2. The van der Waals surface area contributed by atoms with Crippen molar-refractivity contribution in [1.82, 2.24) is 9.78 Å². The van der Waals surface area contributed by atoms with Crippen LogP contribution in [0.25, 0.3) is 11.3 Å². The van der Waals surface area contributed by atoms with E-state index in [0.29, 0.717) is 0 Å². The molecule has 1 aliphatic heterocycles. The molecule has 2 heterocycles. The molecule has 1 N–H and O–H groups in total. The quantitative estimate of drug-likeness (QED) is 0.830. The predicted octanol–water partition coefficient (Wildman–Crippen LogP) is 2.54. The summed E-state index contributed by atoms with van der Waals surface area (Å²) < 4.78 is 2.02. The minimum absolute atomic E-state index is 0.910. The Kier molecular flexibility index (Phi) is 2.17. The Morgan fingerprint density at radius 3 is 3.19 bits per heavy atom. The van der Waals surface area contributed by atoms with E-state index in [-0.39, 0.29) is 0 Å². The van der Waals surface area contributed by atoms with Gasteiger partial charge in [0.05, 0.1) is 5.69 Å². The normalized spacial score (nSPS) is 13.6. The lowest BCUT2D eigenvalue weighted by atomic mass is 10.1. The first kappa shape index (κ1) is 9.46. The fourth-order valence-electron chi connectivity index (χ4n) is 2.28. The third-order valence-electron chi connectivity index (χ3n) is 3.13. The molecular formula is C13H15N3. The van der Waals surface area contributed by atoms with Crippen molar-refractivity contribution in [3.63, 3.8) is 0 Å². The highest BCUT2D eigenvalue weighted by molar-refractivity contribution is 5.69. The van der Waals surface area contributed by atoms with Gasteiger partial charge in [0.2, 0.25) is 0 Å². The number of aryl methyl sites for hydroxylation is 1. The highest BCUT2D eigenvalue weighted by atomic mass is 15.3. The fraction of sp³-hybridized carbons (Fsp3) is 0.308. The largest absolute Gasteiger partial charge is 0.384 e. The monoisotopic (exact) mass is 213 g/mol. The van der Waals surface area contributed by atoms with Gasteiger partial charge in [0.25, 0.3) is 0 Å². The summed E-state index contributed by atoms with van der Waals surface area (Å²) in [6.07, 6.45) is 3.00. The van der Waals surface area contributed by atoms with Gasteiger partial charge in [-0.1, -0.05) is 12.1 Å². The second-order valence-electron chi connectivity index (χ2n) is 4.08. The standard InChI is InChI=1S/C13H15N3/c1-2-16-13(6-8-15-16)11-4-3-10-5-7-14-12(10)9-11/h3-4,6,8-9,14H,2,5,7H2,1H3. The second kappa shape index (κ2) is 3.67. The zero-order valence-electron chi connectivity index (χ0n) is 9.40. The van der Waals surface area contributed by atoms with Gasteiger partial charge in [0.15, 0.2) is 0 Å². The summed E-state index contributed by atoms with van der Waals surface area (Å²) >= 11 is 0. The number of hydrogen-bond donors (Lipinski definition) is 1. The third kappa shape index (κ3) is 1.40. The van der Waals surface area contributed by atoms with E-state index in [1.165, 1.54) is 22.5 Å². The molecule has 1 aromatic heterocycles. The number of nitrogens with one attached hydrogen (secondary N) is 1. The van der Waals surface area contributed by atoms with Crippen LogP contribution in [0.2, 0.25) is 0 Å². The van der Waals surface area contributed by atoms with Gasteiger partial charge in [-0.2, -0.15) is 5.10 Å². The van der Waals surface area contributed by atoms with Crippen LogP contribution in [0.15, 0.2) is 30.5 Å². The topological polar surface area (TPSA) is 29.9 Å². The minimum atomic E-state index is 0.910. The summed E-state index contributed by atoms with van der Waals surface area (Å²) in [5, 5.41) is 7.71. The molecule has 0 fully saturated rings. The van der Waals surface area contributed by atoms with Crippen LogP contribution in [-0.4, -0.2) is 16.3 Å². The van der Waals surface area contributed by atoms with Crippen LogP contribution < -0.4 is 5.32 Å². The Hall–Kier alpha value is -1.77. The van der Waals surface area contributed by atoms with E-state index in [1.807, 2.05) is 10.9 Å². The molecule has 0 amide bonds. The molecule has 0 bridgehead atoms. The Bertz CT molecular complexity index is 514. The molecule has 82 valence electrons. The van der Waals surface area contributed by atoms with Gasteiger partial charge < -0.3 is 5.32 Å². The molecule has 0 atom stereocenters. The van der Waals surface area contributed by atoms with E-state index >= 15 is 0 Å². The SMILES string of the molecule is CCn1nccc1-c1ccc2c(c1)NCC2. The molecule has 1 aliphatic rings. The molecule has 0 unspecified atom stereocenters. The summed E-state index contributed by atoms with van der Waals surface area (Å²) in [6.45, 7) is 4.08. The molecule has 1 aromatic carbocycles. The zero-order chi connectivity index (χ0) is 11.0. The van der Waals surface area contributed by atoms with Gasteiger partial charge in [0, 0.05) is 30.5 Å². The second-order valence-corrected chi connectivity index (χ2v) is 4.08. The first-order valence-electron chi connectivity index (χ1n) is 5.77. The number of fused-ring (bicyclic) bond motifs is 1. The lowest BCUT2D eigenvalue weighted by Crippen LogP contribution is -1.98. The van der Waals surface area contributed by atoms with Gasteiger partial charge in [-0.05, 0) is 31.0 Å². The van der Waals surface area contributed by atoms with Crippen molar-refractivity contribution in [3.8, 4) is 11.3 Å². The maximum Gasteiger partial charge on any atom is 0.0682 e. The van der Waals surface area contributed by atoms with Crippen molar-refractivity contribution < 1.29 is 0 Å². The Balaban J connectivity index is 2.07. The average molecular weight is 213 g/mol. The van der Waals surface area contributed by atoms with Crippen LogP contribution in [0.3, 0.4) is 0 Å². The summed E-state index contributed by atoms with van der Waals surface area (Å²) in [4.78, 5) is 0. The number of benzene rings is 1. The summed E-state index contributed by atoms with van der Waals surface area (Å²) in [5.74, 6) is 0. The minimum Gasteiger partial charge on any atom is -0.384 e. The van der Waals surface area contributed by atoms with Gasteiger partial charge >= 0.3 is 0 Å². The molecule has 2 aromatic rings. The summed E-state index contributed by atoms with van der Waals surface area (Å²) in [7, 11) is 0. The van der Waals surface area contributed by atoms with Crippen molar-refractivity contribution in [1.29, 1.82) is 0 Å². The van der Waals surface area contributed by atoms with Gasteiger partial charge in [-0.25, -0.2) is 0 Å². The molecule has 0 aliphatic carbocycles. The van der Waals surface area contributed by atoms with Crippen LogP contribution in [0.5, 0.6) is 0 Å². The molecule has 3 rings (SSSR count). The number of hydrogen-bond acceptors (Lipinski definition) is 2. The Morgan fingerprint density at radius 1 is 1.38 bits per heavy atom. The maximum absolute atomic E-state index is 4.30. The summed E-state index contributed by atoms with van der Waals surface area (Å²) in [5.41, 5.74) is 5.14.